The van der Waals surface area contributed by atoms with Crippen LogP contribution < -0.4 is 16.8 Å². The first-order valence-electron chi connectivity index (χ1n) is 8.93. The van der Waals surface area contributed by atoms with Gasteiger partial charge in [-0.1, -0.05) is 0 Å². The molecule has 10 heteroatoms. The van der Waals surface area contributed by atoms with E-state index in [0.29, 0.717) is 5.56 Å². The maximum Gasteiger partial charge on any atom is 0.434 e. The van der Waals surface area contributed by atoms with Crippen molar-refractivity contribution in [2.24, 2.45) is 11.1 Å². The predicted octanol–water partition coefficient (Wildman–Crippen LogP) is 3.93. The molecule has 28 heavy (non-hydrogen) atoms. The lowest BCUT2D eigenvalue weighted by atomic mass is 9.78. The van der Waals surface area contributed by atoms with Crippen LogP contribution in [0.4, 0.5) is 18.9 Å². The second-order valence-corrected chi connectivity index (χ2v) is 7.94. The van der Waals surface area contributed by atoms with Crippen LogP contribution in [0.15, 0.2) is 27.4 Å². The molecule has 1 unspecified atom stereocenters. The lowest BCUT2D eigenvalue weighted by Crippen LogP contribution is -2.36. The molecular formula is C18H22ClF3N4O2. The van der Waals surface area contributed by atoms with Crippen molar-refractivity contribution in [1.82, 2.24) is 10.2 Å². The molecule has 0 radical (unpaired) electrons. The fraction of sp³-hybridized carbons (Fsp3) is 0.556. The number of hydrogen-bond donors (Lipinski definition) is 3. The van der Waals surface area contributed by atoms with Crippen molar-refractivity contribution in [3.8, 4) is 11.5 Å². The van der Waals surface area contributed by atoms with E-state index in [1.807, 2.05) is 6.92 Å². The summed E-state index contributed by atoms with van der Waals surface area (Å²) in [6.45, 7) is 1.92. The molecule has 0 aliphatic heterocycles. The number of fused-ring (bicyclic) bond motifs is 2. The van der Waals surface area contributed by atoms with Gasteiger partial charge in [0.25, 0.3) is 0 Å². The molecule has 1 atom stereocenters. The maximum absolute atomic E-state index is 13.5. The molecule has 2 aliphatic rings. The van der Waals surface area contributed by atoms with Gasteiger partial charge in [0.15, 0.2) is 0 Å². The summed E-state index contributed by atoms with van der Waals surface area (Å²) < 4.78 is 45.4. The van der Waals surface area contributed by atoms with E-state index in [0.717, 1.165) is 38.2 Å². The van der Waals surface area contributed by atoms with Crippen LogP contribution in [-0.2, 0) is 6.18 Å². The third kappa shape index (κ3) is 3.53. The first kappa shape index (κ1) is 20.7. The van der Waals surface area contributed by atoms with Gasteiger partial charge >= 0.3 is 11.9 Å². The normalized spacial score (nSPS) is 27.5. The average Bonchev–Trinajstić information content (AvgIpc) is 3.26. The molecule has 1 aromatic heterocycles. The van der Waals surface area contributed by atoms with Crippen LogP contribution in [0.2, 0.25) is 0 Å². The van der Waals surface area contributed by atoms with Crippen LogP contribution in [0, 0.1) is 5.41 Å². The molecule has 4 rings (SSSR count). The second kappa shape index (κ2) is 6.81. The van der Waals surface area contributed by atoms with Crippen LogP contribution >= 0.6 is 12.4 Å². The number of anilines is 1. The number of hydrogen-bond acceptors (Lipinski definition) is 5. The molecule has 0 saturated heterocycles. The first-order valence-corrected chi connectivity index (χ1v) is 8.93. The minimum atomic E-state index is -4.51. The Balaban J connectivity index is 0.00000225. The van der Waals surface area contributed by atoms with E-state index in [4.69, 9.17) is 10.2 Å². The van der Waals surface area contributed by atoms with E-state index in [1.165, 1.54) is 12.1 Å². The highest BCUT2D eigenvalue weighted by Gasteiger charge is 2.54. The fourth-order valence-corrected chi connectivity index (χ4v) is 4.67. The van der Waals surface area contributed by atoms with Gasteiger partial charge in [0.2, 0.25) is 5.89 Å². The van der Waals surface area contributed by atoms with Gasteiger partial charge in [-0.15, -0.1) is 17.5 Å². The number of aromatic amines is 1. The van der Waals surface area contributed by atoms with Gasteiger partial charge in [-0.2, -0.15) is 13.2 Å². The lowest BCUT2D eigenvalue weighted by Gasteiger charge is -2.35. The first-order chi connectivity index (χ1) is 12.6. The third-order valence-corrected chi connectivity index (χ3v) is 6.25. The zero-order chi connectivity index (χ0) is 19.4. The quantitative estimate of drug-likeness (QED) is 0.699. The molecule has 2 aromatic rings. The fourth-order valence-electron chi connectivity index (χ4n) is 4.67. The second-order valence-electron chi connectivity index (χ2n) is 7.94. The van der Waals surface area contributed by atoms with E-state index in [-0.39, 0.29) is 41.0 Å². The summed E-state index contributed by atoms with van der Waals surface area (Å²) in [5, 5.41) is 8.88. The molecule has 2 fully saturated rings. The Morgan fingerprint density at radius 2 is 1.96 bits per heavy atom. The molecule has 2 bridgehead atoms. The average molecular weight is 419 g/mol. The van der Waals surface area contributed by atoms with Crippen LogP contribution in [0.25, 0.3) is 11.5 Å². The Morgan fingerprint density at radius 1 is 1.29 bits per heavy atom. The Morgan fingerprint density at radius 3 is 2.46 bits per heavy atom. The van der Waals surface area contributed by atoms with Crippen molar-refractivity contribution in [2.45, 2.75) is 56.8 Å². The Kier molecular flexibility index (Phi) is 5.04. The lowest BCUT2D eigenvalue weighted by molar-refractivity contribution is -0.137. The molecule has 2 saturated carbocycles. The summed E-state index contributed by atoms with van der Waals surface area (Å²) in [6.07, 6.45) is -0.0514. The van der Waals surface area contributed by atoms with Crippen molar-refractivity contribution in [2.75, 3.05) is 5.32 Å². The molecule has 1 aromatic carbocycles. The minimum absolute atomic E-state index is 0. The van der Waals surface area contributed by atoms with E-state index in [9.17, 15) is 18.0 Å². The molecule has 154 valence electrons. The molecule has 2 aliphatic carbocycles. The van der Waals surface area contributed by atoms with E-state index in [1.54, 1.807) is 0 Å². The largest absolute Gasteiger partial charge is 0.434 e. The number of nitrogens with zero attached hydrogens (tertiary/aromatic N) is 1. The zero-order valence-electron chi connectivity index (χ0n) is 15.2. The minimum Gasteiger partial charge on any atom is -0.388 e. The van der Waals surface area contributed by atoms with E-state index < -0.39 is 17.5 Å². The predicted molar refractivity (Wildman–Crippen MR) is 100 cm³/mol. The smallest absolute Gasteiger partial charge is 0.388 e. The molecule has 1 heterocycles. The van der Waals surface area contributed by atoms with Crippen molar-refractivity contribution in [3.63, 3.8) is 0 Å². The number of nitrogens with one attached hydrogen (secondary N) is 2. The van der Waals surface area contributed by atoms with Crippen LogP contribution in [-0.4, -0.2) is 21.8 Å². The number of benzene rings is 1. The summed E-state index contributed by atoms with van der Waals surface area (Å²) in [4.78, 5) is 11.2. The number of H-pyrrole nitrogens is 1. The summed E-state index contributed by atoms with van der Waals surface area (Å²) in [6, 6.07) is 3.38. The number of rotatable bonds is 4. The monoisotopic (exact) mass is 418 g/mol. The van der Waals surface area contributed by atoms with Crippen LogP contribution in [0.5, 0.6) is 0 Å². The molecule has 6 nitrogen and oxygen atoms in total. The summed E-state index contributed by atoms with van der Waals surface area (Å²) in [7, 11) is 0. The third-order valence-electron chi connectivity index (χ3n) is 6.25. The van der Waals surface area contributed by atoms with Gasteiger partial charge in [-0.05, 0) is 62.6 Å². The summed E-state index contributed by atoms with van der Waals surface area (Å²) >= 11 is 0. The Bertz CT molecular complexity index is 916. The van der Waals surface area contributed by atoms with Gasteiger partial charge in [-0.25, -0.2) is 9.89 Å². The van der Waals surface area contributed by atoms with Crippen LogP contribution in [0.3, 0.4) is 0 Å². The number of aromatic nitrogens is 2. The van der Waals surface area contributed by atoms with Crippen molar-refractivity contribution in [3.05, 3.63) is 34.3 Å². The van der Waals surface area contributed by atoms with Gasteiger partial charge in [0.1, 0.15) is 0 Å². The number of halogens is 4. The van der Waals surface area contributed by atoms with Gasteiger partial charge in [0.05, 0.1) is 5.56 Å². The number of alkyl halides is 3. The zero-order valence-corrected chi connectivity index (χ0v) is 16.0. The van der Waals surface area contributed by atoms with E-state index >= 15 is 0 Å². The number of nitrogens with two attached hydrogens (primary N) is 1. The topological polar surface area (TPSA) is 96.9 Å². The summed E-state index contributed by atoms with van der Waals surface area (Å²) in [5.74, 6) is -0.812. The molecule has 0 spiro atoms. The van der Waals surface area contributed by atoms with Gasteiger partial charge < -0.3 is 15.5 Å². The van der Waals surface area contributed by atoms with Crippen molar-refractivity contribution >= 4 is 18.1 Å². The highest BCUT2D eigenvalue weighted by molar-refractivity contribution is 5.85. The Labute approximate surface area is 165 Å². The Hall–Kier alpha value is -2.00. The van der Waals surface area contributed by atoms with Gasteiger partial charge in [0, 0.05) is 22.8 Å². The maximum atomic E-state index is 13.5. The van der Waals surface area contributed by atoms with Crippen molar-refractivity contribution < 1.29 is 17.6 Å². The van der Waals surface area contributed by atoms with E-state index in [2.05, 4.69) is 15.5 Å². The highest BCUT2D eigenvalue weighted by Crippen LogP contribution is 2.57. The highest BCUT2D eigenvalue weighted by atomic mass is 35.5. The standard InChI is InChI=1S/C18H21F3N4O2.ClH/c1-10(16-4-6-17(22,9-16)7-5-16)23-13-8-11(14-24-25-15(26)27-14)2-3-12(13)18(19,20)21;/h2-3,8,10,23H,4-7,9,22H2,1H3,(H,25,26);1H. The van der Waals surface area contributed by atoms with Crippen LogP contribution in [0.1, 0.15) is 44.6 Å². The van der Waals surface area contributed by atoms with Crippen molar-refractivity contribution in [1.29, 1.82) is 0 Å². The molecule has 4 N–H and O–H groups in total. The summed E-state index contributed by atoms with van der Waals surface area (Å²) in [5.41, 5.74) is 5.57. The van der Waals surface area contributed by atoms with Gasteiger partial charge in [-0.3, -0.25) is 0 Å². The SMILES string of the molecule is CC(Nc1cc(-c2n[nH]c(=O)o2)ccc1C(F)(F)F)C12CCC(N)(CC1)C2.Cl. The molecule has 0 amide bonds. The molecular weight excluding hydrogens is 397 g/mol.